The molecule has 2 N–H and O–H groups in total. The Labute approximate surface area is 189 Å². The van der Waals surface area contributed by atoms with Gasteiger partial charge in [-0.15, -0.1) is 0 Å². The number of hydrogen-bond acceptors (Lipinski definition) is 5. The summed E-state index contributed by atoms with van der Waals surface area (Å²) in [6, 6.07) is 6.42. The van der Waals surface area contributed by atoms with E-state index in [0.29, 0.717) is 49.5 Å². The Morgan fingerprint density at radius 2 is 1.97 bits per heavy atom. The molecule has 2 amide bonds. The van der Waals surface area contributed by atoms with E-state index in [1.165, 1.54) is 13.1 Å². The molecule has 10 heteroatoms. The second-order valence-corrected chi connectivity index (χ2v) is 8.40. The minimum absolute atomic E-state index is 0.0301. The predicted octanol–water partition coefficient (Wildman–Crippen LogP) is 2.51. The Morgan fingerprint density at radius 1 is 1.21 bits per heavy atom. The van der Waals surface area contributed by atoms with Crippen LogP contribution in [0.15, 0.2) is 30.5 Å². The average molecular weight is 454 g/mol. The van der Waals surface area contributed by atoms with Gasteiger partial charge in [-0.2, -0.15) is 4.39 Å². The highest BCUT2D eigenvalue weighted by atomic mass is 19.1. The van der Waals surface area contributed by atoms with E-state index in [1.807, 2.05) is 23.2 Å². The molecule has 172 valence electrons. The summed E-state index contributed by atoms with van der Waals surface area (Å²) >= 11 is 0. The summed E-state index contributed by atoms with van der Waals surface area (Å²) in [5.41, 5.74) is 1.83. The molecule has 2 aromatic heterocycles. The fourth-order valence-corrected chi connectivity index (χ4v) is 4.58. The Morgan fingerprint density at radius 3 is 2.67 bits per heavy atom. The van der Waals surface area contributed by atoms with Gasteiger partial charge in [0, 0.05) is 56.9 Å². The van der Waals surface area contributed by atoms with E-state index < -0.39 is 17.7 Å². The summed E-state index contributed by atoms with van der Waals surface area (Å²) in [4.78, 5) is 31.6. The number of nitrogens with zero attached hydrogens (tertiary/aromatic N) is 4. The number of hydrogen-bond donors (Lipinski definition) is 2. The molecule has 0 spiro atoms. The van der Waals surface area contributed by atoms with Gasteiger partial charge in [0.15, 0.2) is 5.82 Å². The lowest BCUT2D eigenvalue weighted by Crippen LogP contribution is -2.46. The van der Waals surface area contributed by atoms with Gasteiger partial charge < -0.3 is 20.1 Å². The predicted molar refractivity (Wildman–Crippen MR) is 120 cm³/mol. The van der Waals surface area contributed by atoms with Gasteiger partial charge in [0.25, 0.3) is 5.91 Å². The van der Waals surface area contributed by atoms with Crippen LogP contribution in [0.2, 0.25) is 0 Å². The highest BCUT2D eigenvalue weighted by Gasteiger charge is 2.29. The minimum atomic E-state index is -0.686. The third kappa shape index (κ3) is 3.60. The third-order valence-corrected chi connectivity index (χ3v) is 6.45. The van der Waals surface area contributed by atoms with Crippen LogP contribution in [0, 0.1) is 11.8 Å². The molecular weight excluding hydrogens is 430 g/mol. The lowest BCUT2D eigenvalue weighted by atomic mass is 10.1. The summed E-state index contributed by atoms with van der Waals surface area (Å²) in [5, 5.41) is 6.03. The molecule has 0 radical (unpaired) electrons. The standard InChI is InChI=1S/C23H24F2N6O2/c1-13-22(32)28-19-18(24)15(11-14-5-6-31(13)20(14)19)12-29-7-9-30(10-8-29)17-4-3-16(23(33)26-2)27-21(17)25/h3-6,11,13H,7-10,12H2,1-2H3,(H,26,33)(H,28,32)/t13-/m0/s1. The monoisotopic (exact) mass is 454 g/mol. The van der Waals surface area contributed by atoms with E-state index in [2.05, 4.69) is 20.5 Å². The highest BCUT2D eigenvalue weighted by Crippen LogP contribution is 2.36. The van der Waals surface area contributed by atoms with Crippen LogP contribution in [-0.2, 0) is 11.3 Å². The molecule has 0 aliphatic carbocycles. The van der Waals surface area contributed by atoms with Crippen molar-refractivity contribution in [1.82, 2.24) is 19.8 Å². The third-order valence-electron chi connectivity index (χ3n) is 6.45. The molecule has 2 aliphatic heterocycles. The van der Waals surface area contributed by atoms with Gasteiger partial charge in [-0.25, -0.2) is 9.37 Å². The number of pyridine rings is 1. The van der Waals surface area contributed by atoms with Crippen LogP contribution >= 0.6 is 0 Å². The summed E-state index contributed by atoms with van der Waals surface area (Å²) in [6.07, 6.45) is 1.82. The zero-order chi connectivity index (χ0) is 23.3. The second kappa shape index (κ2) is 8.11. The van der Waals surface area contributed by atoms with Crippen LogP contribution in [0.25, 0.3) is 10.9 Å². The molecule has 1 aromatic carbocycles. The maximum atomic E-state index is 15.3. The average Bonchev–Trinajstić information content (AvgIpc) is 3.24. The molecule has 1 atom stereocenters. The van der Waals surface area contributed by atoms with E-state index in [4.69, 9.17) is 0 Å². The van der Waals surface area contributed by atoms with E-state index in [0.717, 1.165) is 5.39 Å². The fraction of sp³-hybridized carbons (Fsp3) is 0.348. The molecule has 3 aromatic rings. The lowest BCUT2D eigenvalue weighted by molar-refractivity contribution is -0.118. The number of piperazine rings is 1. The zero-order valence-corrected chi connectivity index (χ0v) is 18.4. The number of amides is 2. The van der Waals surface area contributed by atoms with E-state index in [9.17, 15) is 14.0 Å². The van der Waals surface area contributed by atoms with E-state index in [-0.39, 0.29) is 23.3 Å². The first-order valence-corrected chi connectivity index (χ1v) is 10.9. The molecule has 5 rings (SSSR count). The topological polar surface area (TPSA) is 82.5 Å². The van der Waals surface area contributed by atoms with Crippen LogP contribution < -0.4 is 15.5 Å². The lowest BCUT2D eigenvalue weighted by Gasteiger charge is -2.36. The number of nitrogens with one attached hydrogen (secondary N) is 2. The molecular formula is C23H24F2N6O2. The van der Waals surface area contributed by atoms with Crippen LogP contribution in [0.5, 0.6) is 0 Å². The Hall–Kier alpha value is -3.53. The van der Waals surface area contributed by atoms with Crippen LogP contribution in [0.3, 0.4) is 0 Å². The molecule has 2 aliphatic rings. The highest BCUT2D eigenvalue weighted by molar-refractivity contribution is 6.06. The maximum Gasteiger partial charge on any atom is 0.269 e. The number of carbonyl (C=O) groups excluding carboxylic acids is 2. The summed E-state index contributed by atoms with van der Waals surface area (Å²) < 4.78 is 31.6. The Kier molecular flexibility index (Phi) is 5.24. The minimum Gasteiger partial charge on any atom is -0.365 e. The molecule has 8 nitrogen and oxygen atoms in total. The maximum absolute atomic E-state index is 15.3. The van der Waals surface area contributed by atoms with Crippen LogP contribution in [0.4, 0.5) is 20.2 Å². The quantitative estimate of drug-likeness (QED) is 0.592. The van der Waals surface area contributed by atoms with Crippen molar-refractivity contribution < 1.29 is 18.4 Å². The zero-order valence-electron chi connectivity index (χ0n) is 18.4. The van der Waals surface area contributed by atoms with Crippen molar-refractivity contribution in [3.63, 3.8) is 0 Å². The molecule has 0 bridgehead atoms. The van der Waals surface area contributed by atoms with Gasteiger partial charge in [0.05, 0.1) is 11.2 Å². The second-order valence-electron chi connectivity index (χ2n) is 8.40. The smallest absolute Gasteiger partial charge is 0.269 e. The molecule has 0 unspecified atom stereocenters. The van der Waals surface area contributed by atoms with Crippen molar-refractivity contribution in [3.05, 3.63) is 53.5 Å². The van der Waals surface area contributed by atoms with Gasteiger partial charge in [-0.05, 0) is 31.2 Å². The summed E-state index contributed by atoms with van der Waals surface area (Å²) in [6.45, 7) is 4.46. The number of rotatable bonds is 4. The number of aromatic nitrogens is 2. The SMILES string of the molecule is CNC(=O)c1ccc(N2CCN(Cc3cc4ccn5c4c(c3F)NC(=O)[C@@H]5C)CC2)c(F)n1. The van der Waals surface area contributed by atoms with Gasteiger partial charge in [-0.3, -0.25) is 14.5 Å². The van der Waals surface area contributed by atoms with E-state index >= 15 is 4.39 Å². The Balaban J connectivity index is 1.31. The van der Waals surface area contributed by atoms with Crippen molar-refractivity contribution in [2.45, 2.75) is 19.5 Å². The summed E-state index contributed by atoms with van der Waals surface area (Å²) in [7, 11) is 1.47. The molecule has 1 fully saturated rings. The van der Waals surface area contributed by atoms with Crippen molar-refractivity contribution >= 4 is 34.1 Å². The molecule has 4 heterocycles. The molecule has 1 saturated heterocycles. The fourth-order valence-electron chi connectivity index (χ4n) is 4.58. The number of anilines is 2. The molecule has 33 heavy (non-hydrogen) atoms. The van der Waals surface area contributed by atoms with Crippen LogP contribution in [-0.4, -0.2) is 59.5 Å². The molecule has 0 saturated carbocycles. The van der Waals surface area contributed by atoms with Gasteiger partial charge >= 0.3 is 0 Å². The first-order valence-electron chi connectivity index (χ1n) is 10.9. The largest absolute Gasteiger partial charge is 0.365 e. The van der Waals surface area contributed by atoms with E-state index in [1.54, 1.807) is 17.6 Å². The van der Waals surface area contributed by atoms with Crippen molar-refractivity contribution in [1.29, 1.82) is 0 Å². The van der Waals surface area contributed by atoms with Gasteiger partial charge in [0.2, 0.25) is 11.9 Å². The van der Waals surface area contributed by atoms with Crippen molar-refractivity contribution in [2.24, 2.45) is 0 Å². The van der Waals surface area contributed by atoms with Crippen molar-refractivity contribution in [3.8, 4) is 0 Å². The number of carbonyl (C=O) groups is 2. The van der Waals surface area contributed by atoms with Crippen molar-refractivity contribution in [2.75, 3.05) is 43.4 Å². The number of benzene rings is 1. The normalized spacial score (nSPS) is 18.5. The summed E-state index contributed by atoms with van der Waals surface area (Å²) in [5.74, 6) is -1.77. The Bertz CT molecular complexity index is 1270. The number of halogens is 2. The first kappa shape index (κ1) is 21.3. The van der Waals surface area contributed by atoms with Gasteiger partial charge in [0.1, 0.15) is 17.4 Å². The van der Waals surface area contributed by atoms with Gasteiger partial charge in [-0.1, -0.05) is 0 Å². The van der Waals surface area contributed by atoms with Crippen LogP contribution in [0.1, 0.15) is 29.0 Å². The first-order chi connectivity index (χ1) is 15.9.